The highest BCUT2D eigenvalue weighted by atomic mass is 16.6. The molecule has 5 nitrogen and oxygen atoms in total. The zero-order valence-electron chi connectivity index (χ0n) is 9.53. The standard InChI is InChI=1S/C11H17NO4/c1-2-3-6-15-10(14)12-8-11(4-5-11)16-7-9(12)13/h2-8H2,1H3. The molecule has 90 valence electrons. The van der Waals surface area contributed by atoms with Crippen molar-refractivity contribution in [2.75, 3.05) is 19.8 Å². The third-order valence-electron chi connectivity index (χ3n) is 3.00. The van der Waals surface area contributed by atoms with E-state index in [1.54, 1.807) is 0 Å². The molecule has 2 aliphatic rings. The first-order valence-corrected chi connectivity index (χ1v) is 5.78. The van der Waals surface area contributed by atoms with Gasteiger partial charge in [0.15, 0.2) is 0 Å². The second kappa shape index (κ2) is 4.41. The Kier molecular flexibility index (Phi) is 3.14. The van der Waals surface area contributed by atoms with Crippen molar-refractivity contribution in [1.82, 2.24) is 4.90 Å². The molecule has 2 amide bonds. The maximum atomic E-state index is 11.6. The van der Waals surface area contributed by atoms with Gasteiger partial charge in [-0.1, -0.05) is 13.3 Å². The van der Waals surface area contributed by atoms with Gasteiger partial charge in [-0.15, -0.1) is 0 Å². The van der Waals surface area contributed by atoms with E-state index in [2.05, 4.69) is 0 Å². The van der Waals surface area contributed by atoms with Crippen molar-refractivity contribution < 1.29 is 19.1 Å². The Morgan fingerprint density at radius 1 is 1.56 bits per heavy atom. The molecule has 0 radical (unpaired) electrons. The van der Waals surface area contributed by atoms with Crippen LogP contribution in [0.1, 0.15) is 32.6 Å². The van der Waals surface area contributed by atoms with E-state index >= 15 is 0 Å². The lowest BCUT2D eigenvalue weighted by Crippen LogP contribution is -2.50. The molecule has 0 aromatic carbocycles. The summed E-state index contributed by atoms with van der Waals surface area (Å²) < 4.78 is 10.4. The molecule has 0 aromatic rings. The molecule has 1 aliphatic carbocycles. The first-order valence-electron chi connectivity index (χ1n) is 5.78. The van der Waals surface area contributed by atoms with Crippen LogP contribution in [0.3, 0.4) is 0 Å². The average molecular weight is 227 g/mol. The molecule has 2 rings (SSSR count). The number of hydrogen-bond acceptors (Lipinski definition) is 4. The Hall–Kier alpha value is -1.10. The second-order valence-corrected chi connectivity index (χ2v) is 4.42. The number of hydrogen-bond donors (Lipinski definition) is 0. The Morgan fingerprint density at radius 2 is 2.31 bits per heavy atom. The van der Waals surface area contributed by atoms with Gasteiger partial charge in [0, 0.05) is 0 Å². The molecule has 2 fully saturated rings. The quantitative estimate of drug-likeness (QED) is 0.682. The van der Waals surface area contributed by atoms with Crippen LogP contribution in [0.2, 0.25) is 0 Å². The van der Waals surface area contributed by atoms with Crippen molar-refractivity contribution in [3.63, 3.8) is 0 Å². The fourth-order valence-corrected chi connectivity index (χ4v) is 1.70. The molecule has 1 aliphatic heterocycles. The Morgan fingerprint density at radius 3 is 2.94 bits per heavy atom. The normalized spacial score (nSPS) is 22.3. The number of amides is 2. The summed E-state index contributed by atoms with van der Waals surface area (Å²) in [4.78, 5) is 24.3. The summed E-state index contributed by atoms with van der Waals surface area (Å²) in [7, 11) is 0. The van der Waals surface area contributed by atoms with E-state index in [4.69, 9.17) is 9.47 Å². The molecule has 1 saturated heterocycles. The van der Waals surface area contributed by atoms with Crippen molar-refractivity contribution in [2.45, 2.75) is 38.2 Å². The first-order chi connectivity index (χ1) is 7.67. The highest BCUT2D eigenvalue weighted by Crippen LogP contribution is 2.42. The van der Waals surface area contributed by atoms with E-state index in [9.17, 15) is 9.59 Å². The summed E-state index contributed by atoms with van der Waals surface area (Å²) in [5.74, 6) is -0.293. The highest BCUT2D eigenvalue weighted by Gasteiger charge is 2.51. The summed E-state index contributed by atoms with van der Waals surface area (Å²) in [6.45, 7) is 2.76. The topological polar surface area (TPSA) is 55.8 Å². The molecule has 1 heterocycles. The van der Waals surface area contributed by atoms with Crippen LogP contribution in [-0.2, 0) is 14.3 Å². The Labute approximate surface area is 94.7 Å². The van der Waals surface area contributed by atoms with Crippen LogP contribution in [0.25, 0.3) is 0 Å². The smallest absolute Gasteiger partial charge is 0.416 e. The number of carbonyl (C=O) groups excluding carboxylic acids is 2. The lowest BCUT2D eigenvalue weighted by Gasteiger charge is -2.30. The monoisotopic (exact) mass is 227 g/mol. The summed E-state index contributed by atoms with van der Waals surface area (Å²) in [6.07, 6.45) is 3.13. The van der Waals surface area contributed by atoms with Gasteiger partial charge in [0.05, 0.1) is 18.8 Å². The van der Waals surface area contributed by atoms with E-state index in [1.807, 2.05) is 6.92 Å². The first kappa shape index (κ1) is 11.4. The van der Waals surface area contributed by atoms with Crippen LogP contribution >= 0.6 is 0 Å². The Bertz CT molecular complexity index is 298. The molecule has 0 bridgehead atoms. The Balaban J connectivity index is 1.86. The highest BCUT2D eigenvalue weighted by molar-refractivity contribution is 5.93. The predicted molar refractivity (Wildman–Crippen MR) is 55.9 cm³/mol. The third-order valence-corrected chi connectivity index (χ3v) is 3.00. The molecule has 5 heteroatoms. The van der Waals surface area contributed by atoms with Crippen molar-refractivity contribution in [2.24, 2.45) is 0 Å². The summed E-state index contributed by atoms with van der Waals surface area (Å²) in [5, 5.41) is 0. The molecule has 0 unspecified atom stereocenters. The maximum Gasteiger partial charge on any atom is 0.416 e. The summed E-state index contributed by atoms with van der Waals surface area (Å²) in [6, 6.07) is 0. The molecular weight excluding hydrogens is 210 g/mol. The number of unbranched alkanes of at least 4 members (excludes halogenated alkanes) is 1. The minimum Gasteiger partial charge on any atom is -0.449 e. The minimum atomic E-state index is -0.520. The zero-order valence-corrected chi connectivity index (χ0v) is 9.53. The van der Waals surface area contributed by atoms with Gasteiger partial charge in [0.25, 0.3) is 5.91 Å². The fraction of sp³-hybridized carbons (Fsp3) is 0.818. The molecule has 1 spiro atoms. The van der Waals surface area contributed by atoms with Gasteiger partial charge in [-0.3, -0.25) is 4.79 Å². The van der Waals surface area contributed by atoms with Gasteiger partial charge in [-0.25, -0.2) is 9.69 Å². The van der Waals surface area contributed by atoms with Gasteiger partial charge in [0.2, 0.25) is 0 Å². The third kappa shape index (κ3) is 2.35. The molecule has 0 atom stereocenters. The van der Waals surface area contributed by atoms with Crippen molar-refractivity contribution in [3.8, 4) is 0 Å². The molecule has 1 saturated carbocycles. The predicted octanol–water partition coefficient (Wildman–Crippen LogP) is 1.31. The molecular formula is C11H17NO4. The van der Waals surface area contributed by atoms with Crippen molar-refractivity contribution in [3.05, 3.63) is 0 Å². The van der Waals surface area contributed by atoms with Crippen LogP contribution in [0.15, 0.2) is 0 Å². The second-order valence-electron chi connectivity index (χ2n) is 4.42. The van der Waals surface area contributed by atoms with E-state index in [0.29, 0.717) is 13.2 Å². The van der Waals surface area contributed by atoms with Gasteiger partial charge >= 0.3 is 6.09 Å². The molecule has 16 heavy (non-hydrogen) atoms. The van der Waals surface area contributed by atoms with E-state index in [0.717, 1.165) is 25.7 Å². The van der Waals surface area contributed by atoms with Crippen LogP contribution in [-0.4, -0.2) is 42.3 Å². The van der Waals surface area contributed by atoms with Crippen LogP contribution in [0.4, 0.5) is 4.79 Å². The lowest BCUT2D eigenvalue weighted by molar-refractivity contribution is -0.148. The van der Waals surface area contributed by atoms with E-state index in [-0.39, 0.29) is 18.1 Å². The van der Waals surface area contributed by atoms with Crippen molar-refractivity contribution in [1.29, 1.82) is 0 Å². The summed E-state index contributed by atoms with van der Waals surface area (Å²) >= 11 is 0. The average Bonchev–Trinajstić information content (AvgIpc) is 3.02. The number of carbonyl (C=O) groups is 2. The number of rotatable bonds is 3. The molecule has 0 N–H and O–H groups in total. The summed E-state index contributed by atoms with van der Waals surface area (Å²) in [5.41, 5.74) is -0.238. The number of imide groups is 1. The number of morpholine rings is 1. The van der Waals surface area contributed by atoms with Crippen LogP contribution < -0.4 is 0 Å². The maximum absolute atomic E-state index is 11.6. The van der Waals surface area contributed by atoms with Gasteiger partial charge in [-0.05, 0) is 19.3 Å². The van der Waals surface area contributed by atoms with E-state index < -0.39 is 6.09 Å². The van der Waals surface area contributed by atoms with Crippen LogP contribution in [0.5, 0.6) is 0 Å². The lowest BCUT2D eigenvalue weighted by atomic mass is 10.2. The van der Waals surface area contributed by atoms with Gasteiger partial charge < -0.3 is 9.47 Å². The van der Waals surface area contributed by atoms with Gasteiger partial charge in [-0.2, -0.15) is 0 Å². The molecule has 0 aromatic heterocycles. The minimum absolute atomic E-state index is 0.00285. The number of ether oxygens (including phenoxy) is 2. The fourth-order valence-electron chi connectivity index (χ4n) is 1.70. The van der Waals surface area contributed by atoms with Crippen LogP contribution in [0, 0.1) is 0 Å². The largest absolute Gasteiger partial charge is 0.449 e. The van der Waals surface area contributed by atoms with Gasteiger partial charge in [0.1, 0.15) is 6.61 Å². The van der Waals surface area contributed by atoms with E-state index in [1.165, 1.54) is 4.90 Å². The zero-order chi connectivity index (χ0) is 11.6. The number of nitrogens with zero attached hydrogens (tertiary/aromatic N) is 1. The SMILES string of the molecule is CCCCOC(=O)N1CC2(CC2)OCC1=O. The van der Waals surface area contributed by atoms with Crippen molar-refractivity contribution >= 4 is 12.0 Å².